The zero-order valence-electron chi connectivity index (χ0n) is 19.1. The fourth-order valence-corrected chi connectivity index (χ4v) is 7.46. The quantitative estimate of drug-likeness (QED) is 0.496. The second-order valence-corrected chi connectivity index (χ2v) is 10.7. The van der Waals surface area contributed by atoms with Crippen LogP contribution >= 0.6 is 0 Å². The Balaban J connectivity index is 1.60. The van der Waals surface area contributed by atoms with E-state index in [0.717, 1.165) is 44.9 Å². The van der Waals surface area contributed by atoms with Gasteiger partial charge in [-0.3, -0.25) is 4.79 Å². The maximum absolute atomic E-state index is 12.4. The molecule has 1 N–H and O–H groups in total. The van der Waals surface area contributed by atoms with Crippen LogP contribution in [0.25, 0.3) is 0 Å². The molecule has 0 spiro atoms. The van der Waals surface area contributed by atoms with Crippen molar-refractivity contribution in [3.05, 3.63) is 58.7 Å². The maximum Gasteiger partial charge on any atom is 0.155 e. The zero-order chi connectivity index (χ0) is 21.9. The molecule has 4 aliphatic rings. The first-order valence-corrected chi connectivity index (χ1v) is 12.0. The zero-order valence-corrected chi connectivity index (χ0v) is 19.1. The van der Waals surface area contributed by atoms with Crippen molar-refractivity contribution < 1.29 is 9.90 Å². The lowest BCUT2D eigenvalue weighted by atomic mass is 9.49. The van der Waals surface area contributed by atoms with Gasteiger partial charge in [0.2, 0.25) is 0 Å². The van der Waals surface area contributed by atoms with Crippen LogP contribution < -0.4 is 0 Å². The summed E-state index contributed by atoms with van der Waals surface area (Å²) in [6.45, 7) is 6.24. The van der Waals surface area contributed by atoms with Crippen molar-refractivity contribution in [2.45, 2.75) is 77.7 Å². The molecular formula is C29H34O2. The number of hydrogen-bond acceptors (Lipinski definition) is 2. The molecule has 0 heterocycles. The number of rotatable bonds is 2. The second kappa shape index (κ2) is 7.21. The number of carbonyl (C=O) groups is 1. The van der Waals surface area contributed by atoms with Gasteiger partial charge in [0.15, 0.2) is 5.78 Å². The standard InChI is InChI=1S/C29H34O2/c1-4-14-29(31)17-13-25-24-10-9-22-18-23(30)11-16-28(22,26(24)12-15-27(25,29)3)19-21-7-5-20(2)6-8-21/h5-8,12,18,24-25,31H,9-11,13,15-17,19H2,1-3H3/t24-,25-,27-,28+,29+/m0/s1. The molecule has 162 valence electrons. The number of ketones is 1. The van der Waals surface area contributed by atoms with Gasteiger partial charge in [-0.25, -0.2) is 0 Å². The van der Waals surface area contributed by atoms with Crippen molar-refractivity contribution in [1.82, 2.24) is 0 Å². The van der Waals surface area contributed by atoms with Gasteiger partial charge in [-0.15, -0.1) is 5.92 Å². The number of carbonyl (C=O) groups excluding carboxylic acids is 1. The number of benzene rings is 1. The predicted molar refractivity (Wildman–Crippen MR) is 124 cm³/mol. The van der Waals surface area contributed by atoms with E-state index in [1.54, 1.807) is 5.57 Å². The molecule has 2 heteroatoms. The molecule has 4 aliphatic carbocycles. The Labute approximate surface area is 186 Å². The summed E-state index contributed by atoms with van der Waals surface area (Å²) in [6, 6.07) is 8.94. The first kappa shape index (κ1) is 20.8. The normalized spacial score (nSPS) is 38.8. The van der Waals surface area contributed by atoms with Gasteiger partial charge in [-0.2, -0.15) is 0 Å². The lowest BCUT2D eigenvalue weighted by molar-refractivity contribution is -0.115. The Hall–Kier alpha value is -2.11. The lowest BCUT2D eigenvalue weighted by Crippen LogP contribution is -2.51. The molecule has 0 bridgehead atoms. The van der Waals surface area contributed by atoms with Gasteiger partial charge in [0.1, 0.15) is 5.60 Å². The van der Waals surface area contributed by atoms with E-state index < -0.39 is 5.60 Å². The topological polar surface area (TPSA) is 37.3 Å². The maximum atomic E-state index is 12.4. The molecule has 0 saturated heterocycles. The minimum absolute atomic E-state index is 0.0233. The molecule has 0 aliphatic heterocycles. The summed E-state index contributed by atoms with van der Waals surface area (Å²) in [5, 5.41) is 11.5. The minimum Gasteiger partial charge on any atom is -0.377 e. The highest BCUT2D eigenvalue weighted by Gasteiger charge is 2.62. The van der Waals surface area contributed by atoms with E-state index in [0.29, 0.717) is 24.0 Å². The fraction of sp³-hybridized carbons (Fsp3) is 0.552. The minimum atomic E-state index is -0.878. The number of fused-ring (bicyclic) bond motifs is 5. The van der Waals surface area contributed by atoms with Gasteiger partial charge in [0, 0.05) is 17.3 Å². The van der Waals surface area contributed by atoms with E-state index in [1.807, 2.05) is 13.0 Å². The molecule has 2 saturated carbocycles. The van der Waals surface area contributed by atoms with Gasteiger partial charge >= 0.3 is 0 Å². The number of allylic oxidation sites excluding steroid dienone is 4. The third kappa shape index (κ3) is 3.00. The molecule has 31 heavy (non-hydrogen) atoms. The molecule has 0 unspecified atom stereocenters. The average Bonchev–Trinajstić information content (AvgIpc) is 3.01. The third-order valence-corrected chi connectivity index (χ3v) is 9.20. The van der Waals surface area contributed by atoms with Crippen LogP contribution in [0.4, 0.5) is 0 Å². The molecule has 0 aromatic heterocycles. The van der Waals surface area contributed by atoms with Gasteiger partial charge in [0.25, 0.3) is 0 Å². The molecule has 0 radical (unpaired) electrons. The first-order chi connectivity index (χ1) is 14.8. The Morgan fingerprint density at radius 3 is 2.65 bits per heavy atom. The van der Waals surface area contributed by atoms with E-state index in [4.69, 9.17) is 0 Å². The Kier molecular flexibility index (Phi) is 4.83. The summed E-state index contributed by atoms with van der Waals surface area (Å²) >= 11 is 0. The Bertz CT molecular complexity index is 1030. The van der Waals surface area contributed by atoms with Gasteiger partial charge in [-0.05, 0) is 82.3 Å². The SMILES string of the molecule is CC#C[C@@]1(O)CC[C@H]2[C@@H]3CCC4=CC(=O)CC[C@]4(Cc4ccc(C)cc4)C3=CC[C@@]21C. The van der Waals surface area contributed by atoms with Gasteiger partial charge < -0.3 is 5.11 Å². The van der Waals surface area contributed by atoms with E-state index in [2.05, 4.69) is 56.0 Å². The van der Waals surface area contributed by atoms with E-state index in [-0.39, 0.29) is 10.8 Å². The number of aryl methyl sites for hydroxylation is 1. The van der Waals surface area contributed by atoms with Crippen molar-refractivity contribution in [3.8, 4) is 11.8 Å². The summed E-state index contributed by atoms with van der Waals surface area (Å²) in [5.41, 5.74) is 4.49. The molecule has 2 fully saturated rings. The van der Waals surface area contributed by atoms with Crippen LogP contribution in [0.5, 0.6) is 0 Å². The van der Waals surface area contributed by atoms with Crippen LogP contribution in [0.15, 0.2) is 47.6 Å². The van der Waals surface area contributed by atoms with Crippen LogP contribution in [0.1, 0.15) is 69.9 Å². The van der Waals surface area contributed by atoms with Crippen molar-refractivity contribution in [3.63, 3.8) is 0 Å². The average molecular weight is 415 g/mol. The number of hydrogen-bond donors (Lipinski definition) is 1. The summed E-state index contributed by atoms with van der Waals surface area (Å²) in [4.78, 5) is 12.4. The van der Waals surface area contributed by atoms with Crippen LogP contribution in [-0.2, 0) is 11.2 Å². The van der Waals surface area contributed by atoms with Crippen LogP contribution in [0.2, 0.25) is 0 Å². The molecule has 5 atom stereocenters. The van der Waals surface area contributed by atoms with Crippen LogP contribution in [-0.4, -0.2) is 16.5 Å². The summed E-state index contributed by atoms with van der Waals surface area (Å²) < 4.78 is 0. The first-order valence-electron chi connectivity index (χ1n) is 12.0. The number of aliphatic hydroxyl groups is 1. The fourth-order valence-electron chi connectivity index (χ4n) is 7.46. The molecule has 2 nitrogen and oxygen atoms in total. The largest absolute Gasteiger partial charge is 0.377 e. The highest BCUT2D eigenvalue weighted by Crippen LogP contribution is 2.66. The van der Waals surface area contributed by atoms with Gasteiger partial charge in [0.05, 0.1) is 0 Å². The molecule has 1 aromatic carbocycles. The van der Waals surface area contributed by atoms with E-state index in [9.17, 15) is 9.90 Å². The predicted octanol–water partition coefficient (Wildman–Crippen LogP) is 5.72. The Morgan fingerprint density at radius 2 is 1.90 bits per heavy atom. The van der Waals surface area contributed by atoms with Gasteiger partial charge in [-0.1, -0.05) is 59.9 Å². The summed E-state index contributed by atoms with van der Waals surface area (Å²) in [5.74, 6) is 7.45. The lowest BCUT2D eigenvalue weighted by Gasteiger charge is -2.55. The van der Waals surface area contributed by atoms with Crippen LogP contribution in [0, 0.1) is 41.4 Å². The van der Waals surface area contributed by atoms with E-state index in [1.165, 1.54) is 16.7 Å². The molecule has 5 rings (SSSR count). The molecule has 1 aromatic rings. The van der Waals surface area contributed by atoms with Crippen molar-refractivity contribution in [1.29, 1.82) is 0 Å². The molecule has 0 amide bonds. The Morgan fingerprint density at radius 1 is 1.13 bits per heavy atom. The summed E-state index contributed by atoms with van der Waals surface area (Å²) in [7, 11) is 0. The second-order valence-electron chi connectivity index (χ2n) is 10.7. The monoisotopic (exact) mass is 414 g/mol. The molecular weight excluding hydrogens is 380 g/mol. The van der Waals surface area contributed by atoms with Crippen molar-refractivity contribution in [2.24, 2.45) is 22.7 Å². The van der Waals surface area contributed by atoms with Crippen molar-refractivity contribution in [2.75, 3.05) is 0 Å². The smallest absolute Gasteiger partial charge is 0.155 e. The van der Waals surface area contributed by atoms with Crippen molar-refractivity contribution >= 4 is 5.78 Å². The highest BCUT2D eigenvalue weighted by molar-refractivity contribution is 5.92. The van der Waals surface area contributed by atoms with E-state index >= 15 is 0 Å². The van der Waals surface area contributed by atoms with Crippen LogP contribution in [0.3, 0.4) is 0 Å². The summed E-state index contributed by atoms with van der Waals surface area (Å²) in [6.07, 6.45) is 11.8. The highest BCUT2D eigenvalue weighted by atomic mass is 16.3. The third-order valence-electron chi connectivity index (χ3n) is 9.20.